The number of amides is 1. The molecule has 0 spiro atoms. The smallest absolute Gasteiger partial charge is 0.325 e. The third-order valence-corrected chi connectivity index (χ3v) is 7.66. The molecule has 0 fully saturated rings. The SMILES string of the molecule is CCC(C)C(N)C(=O)OC(C)n1cc(-c2cccc(C#N)c2)c2cc(-c3cc(NC(=O)/C=C/CN(C)C)cc(OC)c3)cnc21. The molecule has 4 aromatic rings. The molecule has 0 aliphatic carbocycles. The number of esters is 1. The fourth-order valence-electron chi connectivity index (χ4n) is 4.85. The van der Waals surface area contributed by atoms with Gasteiger partial charge in [0.15, 0.2) is 6.23 Å². The Bertz CT molecular complexity index is 1750. The van der Waals surface area contributed by atoms with Gasteiger partial charge in [-0.3, -0.25) is 14.2 Å². The third-order valence-electron chi connectivity index (χ3n) is 7.66. The first-order valence-corrected chi connectivity index (χ1v) is 14.8. The van der Waals surface area contributed by atoms with Crippen molar-refractivity contribution in [1.29, 1.82) is 5.26 Å². The highest BCUT2D eigenvalue weighted by atomic mass is 16.6. The fraction of sp³-hybridized carbons (Fsp3) is 0.314. The van der Waals surface area contributed by atoms with Crippen LogP contribution in [0.4, 0.5) is 5.69 Å². The van der Waals surface area contributed by atoms with Crippen LogP contribution in [0.1, 0.15) is 39.0 Å². The van der Waals surface area contributed by atoms with Crippen molar-refractivity contribution in [1.82, 2.24) is 14.5 Å². The van der Waals surface area contributed by atoms with Gasteiger partial charge in [-0.25, -0.2) is 4.98 Å². The number of benzene rings is 2. The van der Waals surface area contributed by atoms with Gasteiger partial charge in [0.05, 0.1) is 18.7 Å². The van der Waals surface area contributed by atoms with E-state index < -0.39 is 18.2 Å². The molecule has 0 radical (unpaired) electrons. The van der Waals surface area contributed by atoms with Crippen molar-refractivity contribution in [2.24, 2.45) is 11.7 Å². The van der Waals surface area contributed by atoms with Crippen LogP contribution in [0.3, 0.4) is 0 Å². The summed E-state index contributed by atoms with van der Waals surface area (Å²) in [5.41, 5.74) is 11.0. The molecule has 2 aromatic heterocycles. The number of ether oxygens (including phenoxy) is 2. The first-order chi connectivity index (χ1) is 21.5. The minimum atomic E-state index is -0.739. The maximum absolute atomic E-state index is 12.9. The number of carbonyl (C=O) groups excluding carboxylic acids is 2. The summed E-state index contributed by atoms with van der Waals surface area (Å²) in [5, 5.41) is 13.2. The van der Waals surface area contributed by atoms with Crippen molar-refractivity contribution in [3.8, 4) is 34.1 Å². The Morgan fingerprint density at radius 1 is 1.13 bits per heavy atom. The van der Waals surface area contributed by atoms with E-state index in [4.69, 9.17) is 20.2 Å². The Kier molecular flexibility index (Phi) is 10.7. The number of hydrogen-bond donors (Lipinski definition) is 2. The monoisotopic (exact) mass is 608 g/mol. The lowest BCUT2D eigenvalue weighted by Crippen LogP contribution is -2.38. The normalized spacial score (nSPS) is 13.4. The highest BCUT2D eigenvalue weighted by molar-refractivity contribution is 6.00. The van der Waals surface area contributed by atoms with Gasteiger partial charge >= 0.3 is 5.97 Å². The minimum absolute atomic E-state index is 0.0253. The molecular formula is C35H40N6O4. The molecule has 0 aliphatic rings. The number of aromatic nitrogens is 2. The lowest BCUT2D eigenvalue weighted by Gasteiger charge is -2.21. The number of nitriles is 1. The summed E-state index contributed by atoms with van der Waals surface area (Å²) in [5.74, 6) is -0.190. The molecule has 10 nitrogen and oxygen atoms in total. The summed E-state index contributed by atoms with van der Waals surface area (Å²) in [6.07, 6.45) is 6.95. The molecule has 3 unspecified atom stereocenters. The van der Waals surface area contributed by atoms with E-state index >= 15 is 0 Å². The predicted octanol–water partition coefficient (Wildman–Crippen LogP) is 5.74. The van der Waals surface area contributed by atoms with E-state index in [-0.39, 0.29) is 11.8 Å². The van der Waals surface area contributed by atoms with E-state index in [9.17, 15) is 14.9 Å². The number of nitrogens with zero attached hydrogens (tertiary/aromatic N) is 4. The molecule has 0 aliphatic heterocycles. The van der Waals surface area contributed by atoms with Crippen LogP contribution < -0.4 is 15.8 Å². The van der Waals surface area contributed by atoms with Gasteiger partial charge in [-0.15, -0.1) is 0 Å². The van der Waals surface area contributed by atoms with E-state index in [1.54, 1.807) is 43.0 Å². The van der Waals surface area contributed by atoms with Crippen molar-refractivity contribution < 1.29 is 19.1 Å². The molecule has 2 aromatic carbocycles. The van der Waals surface area contributed by atoms with Crippen molar-refractivity contribution in [2.75, 3.05) is 33.1 Å². The molecule has 3 N–H and O–H groups in total. The first kappa shape index (κ1) is 32.9. The number of hydrogen-bond acceptors (Lipinski definition) is 8. The highest BCUT2D eigenvalue weighted by Gasteiger charge is 2.25. The van der Waals surface area contributed by atoms with Crippen molar-refractivity contribution in [2.45, 2.75) is 39.5 Å². The molecular weight excluding hydrogens is 568 g/mol. The minimum Gasteiger partial charge on any atom is -0.497 e. The summed E-state index contributed by atoms with van der Waals surface area (Å²) in [4.78, 5) is 32.2. The van der Waals surface area contributed by atoms with Gasteiger partial charge in [0.1, 0.15) is 17.4 Å². The molecule has 1 amide bonds. The number of carbonyl (C=O) groups is 2. The zero-order valence-corrected chi connectivity index (χ0v) is 26.6. The first-order valence-electron chi connectivity index (χ1n) is 14.8. The number of fused-ring (bicyclic) bond motifs is 1. The molecule has 234 valence electrons. The van der Waals surface area contributed by atoms with Gasteiger partial charge in [-0.2, -0.15) is 5.26 Å². The second kappa shape index (κ2) is 14.7. The Labute approximate surface area is 264 Å². The summed E-state index contributed by atoms with van der Waals surface area (Å²) < 4.78 is 13.1. The Morgan fingerprint density at radius 2 is 1.91 bits per heavy atom. The van der Waals surface area contributed by atoms with E-state index in [2.05, 4.69) is 11.4 Å². The molecule has 4 rings (SSSR count). The standard InChI is InChI=1S/C35H40N6O4/c1-7-22(2)33(37)35(43)45-23(3)41-21-31(25-11-8-10-24(14-25)19-36)30-17-27(20-38-34(30)41)26-15-28(18-29(16-26)44-6)39-32(42)12-9-13-40(4)5/h8-12,14-18,20-23,33H,7,13,37H2,1-6H3,(H,39,42)/b12-9+. The summed E-state index contributed by atoms with van der Waals surface area (Å²) >= 11 is 0. The molecule has 3 atom stereocenters. The molecule has 0 saturated heterocycles. The van der Waals surface area contributed by atoms with Crippen molar-refractivity contribution in [3.05, 3.63) is 78.6 Å². The quantitative estimate of drug-likeness (QED) is 0.154. The van der Waals surface area contributed by atoms with Gasteiger partial charge in [-0.05, 0) is 68.4 Å². The zero-order valence-electron chi connectivity index (χ0n) is 26.6. The molecule has 0 bridgehead atoms. The predicted molar refractivity (Wildman–Crippen MR) is 176 cm³/mol. The largest absolute Gasteiger partial charge is 0.497 e. The second-order valence-corrected chi connectivity index (χ2v) is 11.3. The topological polar surface area (TPSA) is 136 Å². The van der Waals surface area contributed by atoms with Gasteiger partial charge in [0.25, 0.3) is 0 Å². The second-order valence-electron chi connectivity index (χ2n) is 11.3. The number of nitrogens with one attached hydrogen (secondary N) is 1. The third kappa shape index (κ3) is 7.95. The van der Waals surface area contributed by atoms with E-state index in [1.165, 1.54) is 6.08 Å². The van der Waals surface area contributed by atoms with Crippen molar-refractivity contribution in [3.63, 3.8) is 0 Å². The van der Waals surface area contributed by atoms with Crippen molar-refractivity contribution >= 4 is 28.6 Å². The van der Waals surface area contributed by atoms with Gasteiger partial charge in [0.2, 0.25) is 5.91 Å². The van der Waals surface area contributed by atoms with E-state index in [0.29, 0.717) is 29.2 Å². The Morgan fingerprint density at radius 3 is 2.60 bits per heavy atom. The van der Waals surface area contributed by atoms with Crippen LogP contribution in [0.15, 0.2) is 73.1 Å². The zero-order chi connectivity index (χ0) is 32.7. The molecule has 10 heteroatoms. The van der Waals surface area contributed by atoms with E-state index in [1.807, 2.05) is 75.4 Å². The lowest BCUT2D eigenvalue weighted by molar-refractivity contribution is -0.155. The molecule has 0 saturated carbocycles. The average molecular weight is 609 g/mol. The van der Waals surface area contributed by atoms with Crippen LogP contribution in [0, 0.1) is 17.2 Å². The van der Waals surface area contributed by atoms with Crippen LogP contribution in [0.25, 0.3) is 33.3 Å². The van der Waals surface area contributed by atoms with Crippen LogP contribution in [-0.2, 0) is 14.3 Å². The highest BCUT2D eigenvalue weighted by Crippen LogP contribution is 2.36. The number of rotatable bonds is 12. The summed E-state index contributed by atoms with van der Waals surface area (Å²) in [6.45, 7) is 6.31. The number of nitrogens with two attached hydrogens (primary N) is 1. The van der Waals surface area contributed by atoms with Crippen LogP contribution in [0.5, 0.6) is 5.75 Å². The maximum atomic E-state index is 12.9. The van der Waals surface area contributed by atoms with Gasteiger partial charge in [-0.1, -0.05) is 38.5 Å². The fourth-order valence-corrected chi connectivity index (χ4v) is 4.85. The summed E-state index contributed by atoms with van der Waals surface area (Å²) in [7, 11) is 5.43. The van der Waals surface area contributed by atoms with E-state index in [0.717, 1.165) is 34.1 Å². The maximum Gasteiger partial charge on any atom is 0.325 e. The number of likely N-dealkylation sites (N-methyl/N-ethyl adjacent to an activating group) is 1. The molecule has 45 heavy (non-hydrogen) atoms. The molecule has 2 heterocycles. The average Bonchev–Trinajstić information content (AvgIpc) is 3.42. The van der Waals surface area contributed by atoms with Gasteiger partial charge in [0, 0.05) is 53.3 Å². The number of methoxy groups -OCH3 is 1. The number of pyridine rings is 1. The van der Waals surface area contributed by atoms with Crippen LogP contribution >= 0.6 is 0 Å². The lowest BCUT2D eigenvalue weighted by atomic mass is 10.0. The number of anilines is 1. The Balaban J connectivity index is 1.78. The summed E-state index contributed by atoms with van der Waals surface area (Å²) in [6, 6.07) is 16.2. The van der Waals surface area contributed by atoms with Crippen LogP contribution in [-0.4, -0.2) is 60.1 Å². The van der Waals surface area contributed by atoms with Crippen LogP contribution in [0.2, 0.25) is 0 Å². The van der Waals surface area contributed by atoms with Gasteiger partial charge < -0.3 is 25.4 Å². The Hall–Kier alpha value is -4.98.